The fraction of sp³-hybridized carbons (Fsp3) is 0.708. The van der Waals surface area contributed by atoms with Gasteiger partial charge in [-0.05, 0) is 96.3 Å². The average molecular weight is 1050 g/mol. The third-order valence-electron chi connectivity index (χ3n) is 12.9. The van der Waals surface area contributed by atoms with Gasteiger partial charge in [-0.25, -0.2) is 0 Å². The lowest BCUT2D eigenvalue weighted by Crippen LogP contribution is -2.45. The van der Waals surface area contributed by atoms with Crippen LogP contribution in [0, 0.1) is 0 Å². The van der Waals surface area contributed by atoms with Gasteiger partial charge < -0.3 is 28.8 Å². The number of quaternary nitrogens is 1. The van der Waals surface area contributed by atoms with Crippen molar-refractivity contribution >= 4 is 13.7 Å². The molecule has 426 valence electrons. The van der Waals surface area contributed by atoms with Crippen molar-refractivity contribution in [2.45, 2.75) is 257 Å². The summed E-state index contributed by atoms with van der Waals surface area (Å²) in [6, 6.07) is -0.913. The largest absolute Gasteiger partial charge is 0.756 e. The van der Waals surface area contributed by atoms with E-state index in [1.54, 1.807) is 6.08 Å². The normalized spacial score (nSPS) is 14.6. The number of hydrogen-bond donors (Lipinski definition) is 2. The van der Waals surface area contributed by atoms with Crippen molar-refractivity contribution in [1.29, 1.82) is 0 Å². The molecule has 0 aliphatic heterocycles. The molecule has 3 unspecified atom stereocenters. The molecule has 0 spiro atoms. The van der Waals surface area contributed by atoms with Crippen LogP contribution in [0.15, 0.2) is 109 Å². The molecular formula is C65H115N2O6P. The minimum Gasteiger partial charge on any atom is -0.756 e. The Kier molecular flexibility index (Phi) is 52.8. The number of unbranched alkanes of at least 4 members (excludes halogenated alkanes) is 25. The number of rotatable bonds is 54. The Hall–Kier alpha value is -2.84. The van der Waals surface area contributed by atoms with E-state index in [4.69, 9.17) is 9.05 Å². The molecule has 3 atom stereocenters. The van der Waals surface area contributed by atoms with E-state index < -0.39 is 26.6 Å². The molecule has 1 amide bonds. The van der Waals surface area contributed by atoms with Crippen molar-refractivity contribution in [1.82, 2.24) is 5.32 Å². The van der Waals surface area contributed by atoms with Gasteiger partial charge in [0.2, 0.25) is 5.91 Å². The number of hydrogen-bond acceptors (Lipinski definition) is 6. The highest BCUT2D eigenvalue weighted by Crippen LogP contribution is 2.38. The standard InChI is InChI=1S/C65H115N2O6P/c1-6-8-10-12-14-16-18-20-21-22-23-24-25-26-27-28-29-30-31-32-33-34-35-36-37-38-39-40-41-42-43-44-45-47-49-51-53-55-57-59-65(69)66-63(62-73-74(70,71)72-61-60-67(3,4)5)64(68)58-56-54-52-50-48-46-19-17-15-13-11-9-7-2/h8,10,14-17,20-21,23-24,26-27,29-30,48,50,56,58,63-64,68H,6-7,9,11-13,18-19,22,25,28,31-47,49,51-55,57,59-62H2,1-5H3,(H-,66,69,70,71)/b10-8-,16-14-,17-15+,21-20-,24-23-,27-26-,30-29-,50-48+,58-56+. The van der Waals surface area contributed by atoms with Gasteiger partial charge in [0.15, 0.2) is 0 Å². The maximum atomic E-state index is 12.9. The summed E-state index contributed by atoms with van der Waals surface area (Å²) in [5, 5.41) is 13.8. The summed E-state index contributed by atoms with van der Waals surface area (Å²) in [6.07, 6.45) is 80.5. The number of amides is 1. The van der Waals surface area contributed by atoms with E-state index in [1.165, 1.54) is 135 Å². The maximum Gasteiger partial charge on any atom is 0.268 e. The highest BCUT2D eigenvalue weighted by atomic mass is 31.2. The SMILES string of the molecule is CC/C=C\C/C=C\C/C=C\C/C=C\C/C=C\C/C=C\CCCCCCCCCCCCCCCCCCCCCCC(=O)NC(COP(=O)([O-])OCC[N+](C)(C)C)C(O)/C=C/CC/C=C/CC/C=C/CCCCC. The number of phosphoric ester groups is 1. The van der Waals surface area contributed by atoms with Crippen molar-refractivity contribution in [2.24, 2.45) is 0 Å². The number of nitrogens with zero attached hydrogens (tertiary/aromatic N) is 1. The van der Waals surface area contributed by atoms with E-state index in [-0.39, 0.29) is 12.5 Å². The highest BCUT2D eigenvalue weighted by molar-refractivity contribution is 7.45. The van der Waals surface area contributed by atoms with Crippen molar-refractivity contribution in [3.05, 3.63) is 109 Å². The number of likely N-dealkylation sites (N-methyl/N-ethyl adjacent to an activating group) is 1. The van der Waals surface area contributed by atoms with Crippen molar-refractivity contribution < 1.29 is 32.9 Å². The van der Waals surface area contributed by atoms with Gasteiger partial charge in [0.1, 0.15) is 13.2 Å². The molecule has 0 rings (SSSR count). The molecule has 0 saturated carbocycles. The molecule has 0 heterocycles. The lowest BCUT2D eigenvalue weighted by atomic mass is 10.0. The van der Waals surface area contributed by atoms with E-state index in [0.29, 0.717) is 17.4 Å². The number of allylic oxidation sites excluding steroid dienone is 17. The first-order valence-electron chi connectivity index (χ1n) is 30.2. The van der Waals surface area contributed by atoms with E-state index in [1.807, 2.05) is 27.2 Å². The monoisotopic (exact) mass is 1050 g/mol. The van der Waals surface area contributed by atoms with Crippen molar-refractivity contribution in [3.63, 3.8) is 0 Å². The van der Waals surface area contributed by atoms with Crippen LogP contribution in [-0.2, 0) is 18.4 Å². The molecule has 74 heavy (non-hydrogen) atoms. The topological polar surface area (TPSA) is 108 Å². The van der Waals surface area contributed by atoms with Crippen LogP contribution in [-0.4, -0.2) is 68.5 Å². The summed E-state index contributed by atoms with van der Waals surface area (Å²) in [4.78, 5) is 25.4. The lowest BCUT2D eigenvalue weighted by molar-refractivity contribution is -0.870. The summed E-state index contributed by atoms with van der Waals surface area (Å²) in [6.45, 7) is 4.47. The molecule has 0 bridgehead atoms. The van der Waals surface area contributed by atoms with Crippen LogP contribution in [0.5, 0.6) is 0 Å². The predicted octanol–water partition coefficient (Wildman–Crippen LogP) is 18.1. The molecule has 0 aliphatic rings. The zero-order chi connectivity index (χ0) is 54.2. The van der Waals surface area contributed by atoms with Crippen LogP contribution in [0.1, 0.15) is 245 Å². The molecule has 0 fully saturated rings. The molecule has 0 aromatic rings. The Morgan fingerprint density at radius 3 is 1.26 bits per heavy atom. The van der Waals surface area contributed by atoms with Crippen LogP contribution in [0.4, 0.5) is 0 Å². The number of phosphoric acid groups is 1. The van der Waals surface area contributed by atoms with Crippen LogP contribution >= 0.6 is 7.82 Å². The Morgan fingerprint density at radius 2 is 0.838 bits per heavy atom. The number of aliphatic hydroxyl groups excluding tert-OH is 1. The third kappa shape index (κ3) is 56.9. The third-order valence-corrected chi connectivity index (χ3v) is 13.9. The quantitative estimate of drug-likeness (QED) is 0.0272. The number of carbonyl (C=O) groups is 1. The molecule has 2 N–H and O–H groups in total. The fourth-order valence-electron chi connectivity index (χ4n) is 8.25. The minimum atomic E-state index is -4.61. The molecule has 0 aromatic heterocycles. The molecular weight excluding hydrogens is 936 g/mol. The Morgan fingerprint density at radius 1 is 0.486 bits per heavy atom. The van der Waals surface area contributed by atoms with Gasteiger partial charge >= 0.3 is 0 Å². The molecule has 0 radical (unpaired) electrons. The molecule has 8 nitrogen and oxygen atoms in total. The Balaban J connectivity index is 3.97. The fourth-order valence-corrected chi connectivity index (χ4v) is 8.97. The van der Waals surface area contributed by atoms with Crippen molar-refractivity contribution in [2.75, 3.05) is 40.9 Å². The lowest BCUT2D eigenvalue weighted by Gasteiger charge is -2.29. The average Bonchev–Trinajstić information content (AvgIpc) is 3.36. The van der Waals surface area contributed by atoms with Gasteiger partial charge in [-0.1, -0.05) is 252 Å². The van der Waals surface area contributed by atoms with Gasteiger partial charge in [-0.15, -0.1) is 0 Å². The molecule has 0 aromatic carbocycles. The first-order valence-corrected chi connectivity index (χ1v) is 31.7. The second-order valence-electron chi connectivity index (χ2n) is 21.3. The highest BCUT2D eigenvalue weighted by Gasteiger charge is 2.23. The second kappa shape index (κ2) is 54.9. The van der Waals surface area contributed by atoms with Crippen LogP contribution < -0.4 is 10.2 Å². The van der Waals surface area contributed by atoms with Crippen molar-refractivity contribution in [3.8, 4) is 0 Å². The summed E-state index contributed by atoms with van der Waals surface area (Å²) < 4.78 is 23.3. The van der Waals surface area contributed by atoms with E-state index in [9.17, 15) is 19.4 Å². The number of carbonyl (C=O) groups excluding carboxylic acids is 1. The minimum absolute atomic E-state index is 0.0118. The first-order chi connectivity index (χ1) is 36.0. The van der Waals surface area contributed by atoms with E-state index in [2.05, 4.69) is 116 Å². The molecule has 0 saturated heterocycles. The van der Waals surface area contributed by atoms with Gasteiger partial charge in [0.25, 0.3) is 7.82 Å². The maximum absolute atomic E-state index is 12.9. The summed E-state index contributed by atoms with van der Waals surface area (Å²) in [7, 11) is 1.23. The molecule has 0 aliphatic carbocycles. The predicted molar refractivity (Wildman–Crippen MR) is 320 cm³/mol. The second-order valence-corrected chi connectivity index (χ2v) is 22.7. The Labute approximate surface area is 457 Å². The zero-order valence-electron chi connectivity index (χ0n) is 48.5. The molecule has 9 heteroatoms. The summed E-state index contributed by atoms with van der Waals surface area (Å²) >= 11 is 0. The first kappa shape index (κ1) is 71.2. The smallest absolute Gasteiger partial charge is 0.268 e. The van der Waals surface area contributed by atoms with Gasteiger partial charge in [-0.2, -0.15) is 0 Å². The Bertz CT molecular complexity index is 1570. The van der Waals surface area contributed by atoms with E-state index >= 15 is 0 Å². The van der Waals surface area contributed by atoms with Gasteiger partial charge in [-0.3, -0.25) is 9.36 Å². The van der Waals surface area contributed by atoms with E-state index in [0.717, 1.165) is 89.9 Å². The van der Waals surface area contributed by atoms with Crippen LogP contribution in [0.2, 0.25) is 0 Å². The van der Waals surface area contributed by atoms with Crippen LogP contribution in [0.25, 0.3) is 0 Å². The van der Waals surface area contributed by atoms with Gasteiger partial charge in [0.05, 0.1) is 39.9 Å². The number of nitrogens with one attached hydrogen (secondary N) is 1. The summed E-state index contributed by atoms with van der Waals surface area (Å²) in [5.41, 5.74) is 0. The summed E-state index contributed by atoms with van der Waals surface area (Å²) in [5.74, 6) is -0.213. The zero-order valence-corrected chi connectivity index (χ0v) is 49.4. The number of aliphatic hydroxyl groups is 1. The van der Waals surface area contributed by atoms with Crippen LogP contribution in [0.3, 0.4) is 0 Å². The van der Waals surface area contributed by atoms with Gasteiger partial charge in [0, 0.05) is 6.42 Å².